The van der Waals surface area contributed by atoms with Crippen LogP contribution in [0.15, 0.2) is 60.7 Å². The van der Waals surface area contributed by atoms with Gasteiger partial charge in [0, 0.05) is 11.1 Å². The van der Waals surface area contributed by atoms with Gasteiger partial charge in [0.1, 0.15) is 13.2 Å². The molecule has 4 rings (SSSR count). The van der Waals surface area contributed by atoms with Crippen molar-refractivity contribution in [2.45, 2.75) is 5.60 Å². The van der Waals surface area contributed by atoms with Crippen molar-refractivity contribution in [1.82, 2.24) is 0 Å². The maximum Gasteiger partial charge on any atom is 0.626 e. The Hall–Kier alpha value is -1.78. The summed E-state index contributed by atoms with van der Waals surface area (Å²) in [4.78, 5) is 12.8. The highest BCUT2D eigenvalue weighted by Crippen LogP contribution is 2.74. The lowest BCUT2D eigenvalue weighted by Crippen LogP contribution is -2.34. The van der Waals surface area contributed by atoms with Crippen LogP contribution < -0.4 is 0 Å². The highest BCUT2D eigenvalue weighted by atomic mass is 31.2. The maximum absolute atomic E-state index is 12.8. The summed E-state index contributed by atoms with van der Waals surface area (Å²) in [7, 11) is -3.06. The third-order valence-corrected chi connectivity index (χ3v) is 5.56. The lowest BCUT2D eigenvalue weighted by molar-refractivity contribution is -0.141. The van der Waals surface area contributed by atoms with E-state index in [0.717, 1.165) is 0 Å². The van der Waals surface area contributed by atoms with Gasteiger partial charge in [-0.1, -0.05) is 60.7 Å². The van der Waals surface area contributed by atoms with Crippen LogP contribution in [0.1, 0.15) is 11.1 Å². The Morgan fingerprint density at radius 3 is 1.82 bits per heavy atom. The summed E-state index contributed by atoms with van der Waals surface area (Å²) in [6, 6.07) is 18.6. The van der Waals surface area contributed by atoms with Crippen LogP contribution in [-0.4, -0.2) is 19.2 Å². The molecule has 2 aromatic rings. The van der Waals surface area contributed by atoms with Gasteiger partial charge in [0.05, 0.1) is 0 Å². The Bertz CT molecular complexity index is 643. The third-order valence-electron chi connectivity index (χ3n) is 3.67. The fraction of sp³-hybridized carbons (Fsp3) is 0.188. The summed E-state index contributed by atoms with van der Waals surface area (Å²) in [6.07, 6.45) is 0. The molecule has 2 fully saturated rings. The van der Waals surface area contributed by atoms with Crippen molar-refractivity contribution in [3.05, 3.63) is 71.8 Å². The Labute approximate surface area is 128 Å². The van der Waals surface area contributed by atoms with Gasteiger partial charge >= 0.3 is 14.1 Å². The quantitative estimate of drug-likeness (QED) is 0.796. The average Bonchev–Trinajstić information content (AvgIpc) is 3.14. The first-order valence-corrected chi connectivity index (χ1v) is 8.45. The van der Waals surface area contributed by atoms with Gasteiger partial charge < -0.3 is 0 Å². The zero-order valence-corrected chi connectivity index (χ0v) is 12.6. The number of carbonyl (C=O) groups is 1. The van der Waals surface area contributed by atoms with E-state index in [9.17, 15) is 4.79 Å². The molecule has 0 saturated carbocycles. The summed E-state index contributed by atoms with van der Waals surface area (Å²) in [6.45, 7) is 0.724. The Balaban J connectivity index is 1.89. The highest BCUT2D eigenvalue weighted by molar-refractivity contribution is 7.57. The molecule has 0 amide bonds. The first-order valence-electron chi connectivity index (χ1n) is 6.99. The SMILES string of the molecule is O=C1O[P+]2(OCCO2)OC1(c1ccccc1)c1ccccc1. The Morgan fingerprint density at radius 1 is 0.818 bits per heavy atom. The summed E-state index contributed by atoms with van der Waals surface area (Å²) >= 11 is 0. The van der Waals surface area contributed by atoms with Crippen molar-refractivity contribution in [2.24, 2.45) is 0 Å². The van der Waals surface area contributed by atoms with Crippen LogP contribution in [0.5, 0.6) is 0 Å². The van der Waals surface area contributed by atoms with Crippen LogP contribution in [0.25, 0.3) is 0 Å². The molecule has 0 N–H and O–H groups in total. The summed E-state index contributed by atoms with van der Waals surface area (Å²) in [5.41, 5.74) is 0.0463. The van der Waals surface area contributed by atoms with Crippen LogP contribution in [-0.2, 0) is 28.5 Å². The molecule has 2 heterocycles. The van der Waals surface area contributed by atoms with Crippen LogP contribution in [0.3, 0.4) is 0 Å². The first-order chi connectivity index (χ1) is 10.8. The van der Waals surface area contributed by atoms with E-state index in [1.807, 2.05) is 60.7 Å². The van der Waals surface area contributed by atoms with Crippen molar-refractivity contribution < 1.29 is 22.9 Å². The van der Waals surface area contributed by atoms with E-state index >= 15 is 0 Å². The molecule has 0 atom stereocenters. The number of hydrogen-bond acceptors (Lipinski definition) is 5. The lowest BCUT2D eigenvalue weighted by atomic mass is 9.86. The standard InChI is InChI=1S/C16H14O5P/c17-15-16(13-7-3-1-4-8-13,14-9-5-2-6-10-14)21-22(20-15)18-11-12-19-22/h1-10H,11-12H2/q+1. The van der Waals surface area contributed by atoms with Gasteiger partial charge in [0.2, 0.25) is 0 Å². The Kier molecular flexibility index (Phi) is 3.24. The molecule has 2 aliphatic heterocycles. The minimum absolute atomic E-state index is 0.362. The molecule has 5 nitrogen and oxygen atoms in total. The summed E-state index contributed by atoms with van der Waals surface area (Å²) < 4.78 is 22.5. The van der Waals surface area contributed by atoms with Gasteiger partial charge in [0.25, 0.3) is 5.60 Å². The second-order valence-electron chi connectivity index (χ2n) is 5.00. The largest absolute Gasteiger partial charge is 0.626 e. The first kappa shape index (κ1) is 13.9. The van der Waals surface area contributed by atoms with E-state index in [4.69, 9.17) is 18.1 Å². The van der Waals surface area contributed by atoms with E-state index in [0.29, 0.717) is 24.3 Å². The second-order valence-corrected chi connectivity index (χ2v) is 6.77. The Morgan fingerprint density at radius 2 is 1.32 bits per heavy atom. The molecule has 22 heavy (non-hydrogen) atoms. The van der Waals surface area contributed by atoms with E-state index in [-0.39, 0.29) is 0 Å². The fourth-order valence-electron chi connectivity index (χ4n) is 2.68. The minimum atomic E-state index is -3.06. The predicted octanol–water partition coefficient (Wildman–Crippen LogP) is 3.23. The molecule has 112 valence electrons. The van der Waals surface area contributed by atoms with Gasteiger partial charge in [-0.05, 0) is 0 Å². The minimum Gasteiger partial charge on any atom is -0.242 e. The molecule has 0 aliphatic carbocycles. The number of rotatable bonds is 2. The van der Waals surface area contributed by atoms with Crippen LogP contribution >= 0.6 is 8.17 Å². The zero-order valence-electron chi connectivity index (χ0n) is 11.7. The van der Waals surface area contributed by atoms with Crippen molar-refractivity contribution >= 4 is 14.1 Å². The van der Waals surface area contributed by atoms with E-state index in [1.165, 1.54) is 0 Å². The molecule has 0 radical (unpaired) electrons. The molecular weight excluding hydrogens is 303 g/mol. The third kappa shape index (κ3) is 1.98. The molecule has 1 spiro atoms. The summed E-state index contributed by atoms with van der Waals surface area (Å²) in [5.74, 6) is -0.500. The van der Waals surface area contributed by atoms with Crippen molar-refractivity contribution in [1.29, 1.82) is 0 Å². The topological polar surface area (TPSA) is 54.0 Å². The molecule has 2 aromatic carbocycles. The van der Waals surface area contributed by atoms with E-state index < -0.39 is 19.7 Å². The van der Waals surface area contributed by atoms with Gasteiger partial charge in [-0.15, -0.1) is 13.6 Å². The van der Waals surface area contributed by atoms with Crippen LogP contribution in [0.2, 0.25) is 0 Å². The van der Waals surface area contributed by atoms with Gasteiger partial charge in [-0.3, -0.25) is 0 Å². The van der Waals surface area contributed by atoms with Crippen LogP contribution in [0.4, 0.5) is 0 Å². The van der Waals surface area contributed by atoms with Gasteiger partial charge in [-0.2, -0.15) is 0 Å². The monoisotopic (exact) mass is 317 g/mol. The fourth-order valence-corrected chi connectivity index (χ4v) is 4.56. The molecule has 2 aliphatic rings. The number of carbonyl (C=O) groups excluding carboxylic acids is 1. The average molecular weight is 317 g/mol. The smallest absolute Gasteiger partial charge is 0.242 e. The maximum atomic E-state index is 12.8. The van der Waals surface area contributed by atoms with Crippen molar-refractivity contribution in [3.63, 3.8) is 0 Å². The number of benzene rings is 2. The molecule has 0 unspecified atom stereocenters. The highest BCUT2D eigenvalue weighted by Gasteiger charge is 2.74. The normalized spacial score (nSPS) is 21.9. The number of hydrogen-bond donors (Lipinski definition) is 0. The predicted molar refractivity (Wildman–Crippen MR) is 79.7 cm³/mol. The molecular formula is C16H14O5P+. The summed E-state index contributed by atoms with van der Waals surface area (Å²) in [5, 5.41) is 0. The van der Waals surface area contributed by atoms with Crippen molar-refractivity contribution in [3.8, 4) is 0 Å². The van der Waals surface area contributed by atoms with Crippen LogP contribution in [0, 0.1) is 0 Å². The van der Waals surface area contributed by atoms with Gasteiger partial charge in [0.15, 0.2) is 0 Å². The molecule has 2 saturated heterocycles. The molecule has 0 bridgehead atoms. The van der Waals surface area contributed by atoms with Gasteiger partial charge in [-0.25, -0.2) is 9.32 Å². The zero-order chi connectivity index (χ0) is 15.0. The molecule has 0 aromatic heterocycles. The van der Waals surface area contributed by atoms with Crippen molar-refractivity contribution in [2.75, 3.05) is 13.2 Å². The molecule has 6 heteroatoms. The lowest BCUT2D eigenvalue weighted by Gasteiger charge is -2.21. The second kappa shape index (κ2) is 5.14. The van der Waals surface area contributed by atoms with E-state index in [2.05, 4.69) is 0 Å². The van der Waals surface area contributed by atoms with E-state index in [1.54, 1.807) is 0 Å².